The number of alkyl halides is 1. The Bertz CT molecular complexity index is 232. The van der Waals surface area contributed by atoms with E-state index in [1.807, 2.05) is 0 Å². The lowest BCUT2D eigenvalue weighted by molar-refractivity contribution is 0.0872. The van der Waals surface area contributed by atoms with Crippen LogP contribution >= 0.6 is 0 Å². The zero-order valence-electron chi connectivity index (χ0n) is 14.6. The second-order valence-electron chi connectivity index (χ2n) is 6.94. The van der Waals surface area contributed by atoms with Crippen LogP contribution in [-0.2, 0) is 0 Å². The Balaban J connectivity index is 2.29. The van der Waals surface area contributed by atoms with Crippen LogP contribution in [0.2, 0.25) is 0 Å². The van der Waals surface area contributed by atoms with E-state index in [1.165, 1.54) is 70.6 Å². The summed E-state index contributed by atoms with van der Waals surface area (Å²) in [7, 11) is 0. The van der Waals surface area contributed by atoms with Crippen molar-refractivity contribution in [3.63, 3.8) is 0 Å². The summed E-state index contributed by atoms with van der Waals surface area (Å²) in [5.74, 6) is 0. The molecule has 21 heavy (non-hydrogen) atoms. The average molecular weight is 300 g/mol. The van der Waals surface area contributed by atoms with E-state index in [1.54, 1.807) is 0 Å². The van der Waals surface area contributed by atoms with Gasteiger partial charge >= 0.3 is 0 Å². The third-order valence-electron chi connectivity index (χ3n) is 4.94. The van der Waals surface area contributed by atoms with Crippen molar-refractivity contribution in [2.24, 2.45) is 0 Å². The molecule has 1 aliphatic heterocycles. The summed E-state index contributed by atoms with van der Waals surface area (Å²) in [5.41, 5.74) is 0. The van der Waals surface area contributed by atoms with Crippen LogP contribution in [-0.4, -0.2) is 30.2 Å². The number of rotatable bonds is 12. The smallest absolute Gasteiger partial charge is 0.113 e. The second kappa shape index (κ2) is 12.4. The van der Waals surface area contributed by atoms with Gasteiger partial charge in [0.1, 0.15) is 6.17 Å². The molecule has 0 N–H and O–H groups in total. The number of halogens is 1. The third kappa shape index (κ3) is 8.80. The van der Waals surface area contributed by atoms with Gasteiger partial charge in [0.25, 0.3) is 0 Å². The average Bonchev–Trinajstić information content (AvgIpc) is 2.49. The van der Waals surface area contributed by atoms with Gasteiger partial charge in [-0.05, 0) is 32.2 Å². The van der Waals surface area contributed by atoms with E-state index >= 15 is 0 Å². The van der Waals surface area contributed by atoms with Gasteiger partial charge in [-0.2, -0.15) is 0 Å². The van der Waals surface area contributed by atoms with Crippen LogP contribution in [0.1, 0.15) is 97.3 Å². The molecule has 0 spiro atoms. The van der Waals surface area contributed by atoms with Crippen molar-refractivity contribution in [3.8, 4) is 0 Å². The molecule has 0 radical (unpaired) electrons. The Morgan fingerprint density at radius 1 is 0.905 bits per heavy atom. The number of likely N-dealkylation sites (tertiary alicyclic amines) is 1. The van der Waals surface area contributed by atoms with Crippen LogP contribution in [0.3, 0.4) is 0 Å². The van der Waals surface area contributed by atoms with E-state index in [9.17, 15) is 4.39 Å². The van der Waals surface area contributed by atoms with Crippen LogP contribution in [0.5, 0.6) is 0 Å². The van der Waals surface area contributed by atoms with Crippen LogP contribution in [0.15, 0.2) is 0 Å². The number of hydrogen-bond acceptors (Lipinski definition) is 1. The second-order valence-corrected chi connectivity index (χ2v) is 6.94. The van der Waals surface area contributed by atoms with E-state index < -0.39 is 6.17 Å². The molecule has 0 bridgehead atoms. The number of nitrogens with zero attached hydrogens (tertiary/aromatic N) is 1. The topological polar surface area (TPSA) is 3.24 Å². The molecule has 1 rings (SSSR count). The molecule has 1 unspecified atom stereocenters. The van der Waals surface area contributed by atoms with E-state index in [0.717, 1.165) is 19.4 Å². The fraction of sp³-hybridized carbons (Fsp3) is 1.00. The minimum atomic E-state index is -0.572. The monoisotopic (exact) mass is 299 g/mol. The zero-order chi connectivity index (χ0) is 15.3. The van der Waals surface area contributed by atoms with Gasteiger partial charge < -0.3 is 0 Å². The Labute approximate surface area is 132 Å². The molecule has 0 aromatic rings. The van der Waals surface area contributed by atoms with Crippen molar-refractivity contribution in [2.45, 2.75) is 110 Å². The molecule has 0 amide bonds. The molecule has 2 heteroatoms. The predicted molar refractivity (Wildman–Crippen MR) is 91.6 cm³/mol. The lowest BCUT2D eigenvalue weighted by atomic mass is 9.97. The SMILES string of the molecule is CCCCCCCC(CCCCCC)N1CCC[C@H](F)C1. The van der Waals surface area contributed by atoms with Crippen molar-refractivity contribution in [1.82, 2.24) is 4.90 Å². The number of piperidine rings is 1. The molecule has 1 saturated heterocycles. The van der Waals surface area contributed by atoms with Gasteiger partial charge in [-0.15, -0.1) is 0 Å². The lowest BCUT2D eigenvalue weighted by Crippen LogP contribution is -2.43. The van der Waals surface area contributed by atoms with E-state index in [2.05, 4.69) is 18.7 Å². The largest absolute Gasteiger partial charge is 0.298 e. The Hall–Kier alpha value is -0.110. The molecule has 0 aromatic heterocycles. The third-order valence-corrected chi connectivity index (χ3v) is 4.94. The standard InChI is InChI=1S/C19H38FN/c1-3-5-7-9-11-15-19(14-10-8-6-4-2)21-16-12-13-18(20)17-21/h18-19H,3-17H2,1-2H3/t18-,19?/m0/s1. The minimum Gasteiger partial charge on any atom is -0.298 e. The Morgan fingerprint density at radius 2 is 1.48 bits per heavy atom. The number of unbranched alkanes of at least 4 members (excludes halogenated alkanes) is 7. The summed E-state index contributed by atoms with van der Waals surface area (Å²) in [6, 6.07) is 0.655. The molecular weight excluding hydrogens is 261 g/mol. The highest BCUT2D eigenvalue weighted by atomic mass is 19.1. The highest BCUT2D eigenvalue weighted by Gasteiger charge is 2.24. The summed E-state index contributed by atoms with van der Waals surface area (Å²) in [4.78, 5) is 2.47. The molecular formula is C19H38FN. The first-order valence-corrected chi connectivity index (χ1v) is 9.66. The molecule has 0 aromatic carbocycles. The summed E-state index contributed by atoms with van der Waals surface area (Å²) in [6.07, 6.45) is 16.0. The first kappa shape index (κ1) is 18.9. The maximum absolute atomic E-state index is 13.7. The van der Waals surface area contributed by atoms with Crippen molar-refractivity contribution < 1.29 is 4.39 Å². The number of hydrogen-bond donors (Lipinski definition) is 0. The van der Waals surface area contributed by atoms with Gasteiger partial charge in [0, 0.05) is 12.6 Å². The van der Waals surface area contributed by atoms with Crippen molar-refractivity contribution in [1.29, 1.82) is 0 Å². The molecule has 1 heterocycles. The first-order valence-electron chi connectivity index (χ1n) is 9.66. The van der Waals surface area contributed by atoms with Crippen LogP contribution in [0.4, 0.5) is 4.39 Å². The quantitative estimate of drug-likeness (QED) is 0.392. The van der Waals surface area contributed by atoms with Crippen LogP contribution in [0.25, 0.3) is 0 Å². The Morgan fingerprint density at radius 3 is 2.05 bits per heavy atom. The van der Waals surface area contributed by atoms with E-state index in [-0.39, 0.29) is 0 Å². The van der Waals surface area contributed by atoms with Gasteiger partial charge in [0.2, 0.25) is 0 Å². The van der Waals surface area contributed by atoms with E-state index in [0.29, 0.717) is 12.6 Å². The van der Waals surface area contributed by atoms with Crippen LogP contribution < -0.4 is 0 Å². The van der Waals surface area contributed by atoms with Crippen molar-refractivity contribution >= 4 is 0 Å². The first-order chi connectivity index (χ1) is 10.3. The highest BCUT2D eigenvalue weighted by Crippen LogP contribution is 2.23. The zero-order valence-corrected chi connectivity index (χ0v) is 14.6. The normalized spacial score (nSPS) is 21.6. The van der Waals surface area contributed by atoms with E-state index in [4.69, 9.17) is 0 Å². The van der Waals surface area contributed by atoms with Crippen molar-refractivity contribution in [2.75, 3.05) is 13.1 Å². The predicted octanol–water partition coefficient (Wildman–Crippen LogP) is 6.12. The molecule has 1 nitrogen and oxygen atoms in total. The maximum atomic E-state index is 13.7. The fourth-order valence-electron chi connectivity index (χ4n) is 3.58. The molecule has 1 aliphatic rings. The summed E-state index contributed by atoms with van der Waals surface area (Å²) >= 11 is 0. The van der Waals surface area contributed by atoms with Crippen molar-refractivity contribution in [3.05, 3.63) is 0 Å². The molecule has 126 valence electrons. The van der Waals surface area contributed by atoms with Crippen LogP contribution in [0, 0.1) is 0 Å². The fourth-order valence-corrected chi connectivity index (χ4v) is 3.58. The minimum absolute atomic E-state index is 0.572. The lowest BCUT2D eigenvalue weighted by Gasteiger charge is -2.36. The molecule has 0 aliphatic carbocycles. The summed E-state index contributed by atoms with van der Waals surface area (Å²) in [5, 5.41) is 0. The van der Waals surface area contributed by atoms with Gasteiger partial charge in [-0.3, -0.25) is 4.90 Å². The van der Waals surface area contributed by atoms with Gasteiger partial charge in [0.05, 0.1) is 0 Å². The van der Waals surface area contributed by atoms with Gasteiger partial charge in [0.15, 0.2) is 0 Å². The highest BCUT2D eigenvalue weighted by molar-refractivity contribution is 4.79. The van der Waals surface area contributed by atoms with Gasteiger partial charge in [-0.25, -0.2) is 4.39 Å². The Kier molecular flexibility index (Phi) is 11.2. The molecule has 2 atom stereocenters. The summed E-state index contributed by atoms with van der Waals surface area (Å²) < 4.78 is 13.7. The summed E-state index contributed by atoms with van der Waals surface area (Å²) in [6.45, 7) is 6.37. The molecule has 0 saturated carbocycles. The maximum Gasteiger partial charge on any atom is 0.113 e. The van der Waals surface area contributed by atoms with Gasteiger partial charge in [-0.1, -0.05) is 71.6 Å². The molecule has 1 fully saturated rings.